The summed E-state index contributed by atoms with van der Waals surface area (Å²) in [7, 11) is 1.34. The van der Waals surface area contributed by atoms with Crippen molar-refractivity contribution < 1.29 is 14.3 Å². The van der Waals surface area contributed by atoms with Crippen LogP contribution in [0.1, 0.15) is 30.0 Å². The van der Waals surface area contributed by atoms with Crippen LogP contribution in [0, 0.1) is 0 Å². The lowest BCUT2D eigenvalue weighted by Gasteiger charge is -2.33. The topological polar surface area (TPSA) is 46.6 Å². The highest BCUT2D eigenvalue weighted by Crippen LogP contribution is 2.36. The molecule has 0 bridgehead atoms. The molecule has 0 radical (unpaired) electrons. The number of halogens is 2. The van der Waals surface area contributed by atoms with E-state index in [0.29, 0.717) is 22.9 Å². The first-order chi connectivity index (χ1) is 12.0. The lowest BCUT2D eigenvalue weighted by atomic mass is 9.96. The third-order valence-electron chi connectivity index (χ3n) is 4.38. The van der Waals surface area contributed by atoms with Crippen LogP contribution >= 0.6 is 23.2 Å². The summed E-state index contributed by atoms with van der Waals surface area (Å²) < 4.78 is 4.90. The Hall–Kier alpha value is -2.04. The molecule has 1 aliphatic rings. The number of amides is 1. The van der Waals surface area contributed by atoms with Crippen molar-refractivity contribution in [1.29, 1.82) is 0 Å². The molecule has 1 aliphatic heterocycles. The van der Waals surface area contributed by atoms with E-state index in [4.69, 9.17) is 27.9 Å². The van der Waals surface area contributed by atoms with Gasteiger partial charge in [0.25, 0.3) is 0 Å². The Morgan fingerprint density at radius 2 is 1.52 bits per heavy atom. The van der Waals surface area contributed by atoms with Gasteiger partial charge in [-0.2, -0.15) is 0 Å². The second-order valence-electron chi connectivity index (χ2n) is 5.88. The summed E-state index contributed by atoms with van der Waals surface area (Å²) in [6.07, 6.45) is 0.765. The van der Waals surface area contributed by atoms with E-state index < -0.39 is 18.1 Å². The predicted octanol–water partition coefficient (Wildman–Crippen LogP) is 4.25. The molecule has 0 saturated carbocycles. The Kier molecular flexibility index (Phi) is 5.30. The largest absolute Gasteiger partial charge is 0.467 e. The molecule has 0 unspecified atom stereocenters. The van der Waals surface area contributed by atoms with Crippen molar-refractivity contribution in [2.24, 2.45) is 0 Å². The minimum atomic E-state index is -0.603. The highest BCUT2D eigenvalue weighted by atomic mass is 35.5. The number of hydrogen-bond acceptors (Lipinski definition) is 3. The summed E-state index contributed by atoms with van der Waals surface area (Å²) in [5.41, 5.74) is 1.74. The first kappa shape index (κ1) is 17.8. The average Bonchev–Trinajstić information content (AvgIpc) is 2.99. The van der Waals surface area contributed by atoms with Crippen molar-refractivity contribution in [2.75, 3.05) is 7.11 Å². The molecule has 0 aliphatic carbocycles. The Labute approximate surface area is 156 Å². The van der Waals surface area contributed by atoms with E-state index in [2.05, 4.69) is 0 Å². The third-order valence-corrected chi connectivity index (χ3v) is 4.88. The monoisotopic (exact) mass is 377 g/mol. The molecule has 2 aromatic rings. The van der Waals surface area contributed by atoms with E-state index in [1.165, 1.54) is 7.11 Å². The second-order valence-corrected chi connectivity index (χ2v) is 6.76. The zero-order chi connectivity index (χ0) is 18.0. The molecular weight excluding hydrogens is 361 g/mol. The number of ether oxygens (including phenoxy) is 1. The molecule has 2 aromatic carbocycles. The molecule has 1 heterocycles. The molecule has 130 valence electrons. The van der Waals surface area contributed by atoms with Gasteiger partial charge in [0.1, 0.15) is 6.04 Å². The summed E-state index contributed by atoms with van der Waals surface area (Å²) in [6.45, 7) is 0. The number of esters is 1. The van der Waals surface area contributed by atoms with Gasteiger partial charge in [0.2, 0.25) is 5.91 Å². The van der Waals surface area contributed by atoms with Gasteiger partial charge in [-0.05, 0) is 41.8 Å². The van der Waals surface area contributed by atoms with Gasteiger partial charge in [-0.15, -0.1) is 0 Å². The molecule has 0 aromatic heterocycles. The minimum Gasteiger partial charge on any atom is -0.467 e. The Morgan fingerprint density at radius 3 is 1.96 bits per heavy atom. The fourth-order valence-corrected chi connectivity index (χ4v) is 3.45. The van der Waals surface area contributed by atoms with Crippen molar-refractivity contribution in [3.8, 4) is 0 Å². The first-order valence-electron chi connectivity index (χ1n) is 7.91. The lowest BCUT2D eigenvalue weighted by molar-refractivity contribution is -0.150. The van der Waals surface area contributed by atoms with Crippen molar-refractivity contribution in [3.63, 3.8) is 0 Å². The molecule has 0 spiro atoms. The highest BCUT2D eigenvalue weighted by molar-refractivity contribution is 6.30. The third kappa shape index (κ3) is 3.65. The Morgan fingerprint density at radius 1 is 1.04 bits per heavy atom. The standard InChI is InChI=1S/C19H17Cl2NO3/c1-25-19(24)16-10-11-17(23)22(16)18(12-2-6-14(20)7-3-12)13-4-8-15(21)9-5-13/h2-9,16,18H,10-11H2,1H3/t16-/m1/s1. The Balaban J connectivity index is 2.09. The van der Waals surface area contributed by atoms with Crippen molar-refractivity contribution >= 4 is 35.1 Å². The van der Waals surface area contributed by atoms with Gasteiger partial charge in [-0.1, -0.05) is 47.5 Å². The van der Waals surface area contributed by atoms with Gasteiger partial charge in [0, 0.05) is 16.5 Å². The second kappa shape index (κ2) is 7.46. The van der Waals surface area contributed by atoms with Crippen LogP contribution in [0.2, 0.25) is 10.0 Å². The summed E-state index contributed by atoms with van der Waals surface area (Å²) >= 11 is 12.0. The quantitative estimate of drug-likeness (QED) is 0.748. The highest BCUT2D eigenvalue weighted by Gasteiger charge is 2.42. The van der Waals surface area contributed by atoms with Crippen LogP contribution in [0.4, 0.5) is 0 Å². The van der Waals surface area contributed by atoms with Gasteiger partial charge >= 0.3 is 5.97 Å². The van der Waals surface area contributed by atoms with Crippen LogP contribution in [-0.2, 0) is 14.3 Å². The number of likely N-dealkylation sites (tertiary alicyclic amines) is 1. The zero-order valence-electron chi connectivity index (χ0n) is 13.6. The number of rotatable bonds is 4. The minimum absolute atomic E-state index is 0.0784. The molecule has 25 heavy (non-hydrogen) atoms. The first-order valence-corrected chi connectivity index (χ1v) is 8.67. The van der Waals surface area contributed by atoms with E-state index in [9.17, 15) is 9.59 Å². The van der Waals surface area contributed by atoms with E-state index in [0.717, 1.165) is 11.1 Å². The number of benzene rings is 2. The molecule has 4 nitrogen and oxygen atoms in total. The average molecular weight is 378 g/mol. The summed E-state index contributed by atoms with van der Waals surface area (Å²) in [5, 5.41) is 1.21. The van der Waals surface area contributed by atoms with Crippen LogP contribution in [0.3, 0.4) is 0 Å². The molecule has 0 N–H and O–H groups in total. The maximum atomic E-state index is 12.6. The zero-order valence-corrected chi connectivity index (χ0v) is 15.1. The van der Waals surface area contributed by atoms with E-state index in [-0.39, 0.29) is 5.91 Å². The van der Waals surface area contributed by atoms with Gasteiger partial charge < -0.3 is 9.64 Å². The van der Waals surface area contributed by atoms with Crippen molar-refractivity contribution in [3.05, 3.63) is 69.7 Å². The Bertz CT molecular complexity index is 729. The number of methoxy groups -OCH3 is 1. The molecular formula is C19H17Cl2NO3. The van der Waals surface area contributed by atoms with Gasteiger partial charge in [0.05, 0.1) is 13.2 Å². The van der Waals surface area contributed by atoms with Crippen LogP contribution in [0.5, 0.6) is 0 Å². The van der Waals surface area contributed by atoms with Crippen LogP contribution in [-0.4, -0.2) is 29.9 Å². The number of hydrogen-bond donors (Lipinski definition) is 0. The molecule has 1 saturated heterocycles. The summed E-state index contributed by atoms with van der Waals surface area (Å²) in [4.78, 5) is 26.4. The van der Waals surface area contributed by atoms with E-state index in [1.807, 2.05) is 24.3 Å². The maximum Gasteiger partial charge on any atom is 0.328 e. The molecule has 1 fully saturated rings. The number of carbonyl (C=O) groups is 2. The molecule has 3 rings (SSSR count). The number of nitrogens with zero attached hydrogens (tertiary/aromatic N) is 1. The fourth-order valence-electron chi connectivity index (χ4n) is 3.20. The van der Waals surface area contributed by atoms with Gasteiger partial charge in [-0.25, -0.2) is 4.79 Å². The molecule has 1 atom stereocenters. The van der Waals surface area contributed by atoms with Crippen LogP contribution in [0.25, 0.3) is 0 Å². The smallest absolute Gasteiger partial charge is 0.328 e. The molecule has 6 heteroatoms. The van der Waals surface area contributed by atoms with Crippen molar-refractivity contribution in [1.82, 2.24) is 4.90 Å². The fraction of sp³-hybridized carbons (Fsp3) is 0.263. The predicted molar refractivity (Wildman–Crippen MR) is 96.6 cm³/mol. The van der Waals surface area contributed by atoms with Crippen molar-refractivity contribution in [2.45, 2.75) is 24.9 Å². The SMILES string of the molecule is COC(=O)[C@H]1CCC(=O)N1C(c1ccc(Cl)cc1)c1ccc(Cl)cc1. The van der Waals surface area contributed by atoms with Gasteiger partial charge in [0.15, 0.2) is 0 Å². The normalized spacial score (nSPS) is 17.2. The van der Waals surface area contributed by atoms with E-state index in [1.54, 1.807) is 29.2 Å². The van der Waals surface area contributed by atoms with E-state index >= 15 is 0 Å². The lowest BCUT2D eigenvalue weighted by Crippen LogP contribution is -2.42. The maximum absolute atomic E-state index is 12.6. The van der Waals surface area contributed by atoms with Gasteiger partial charge in [-0.3, -0.25) is 4.79 Å². The van der Waals surface area contributed by atoms with Crippen LogP contribution in [0.15, 0.2) is 48.5 Å². The summed E-state index contributed by atoms with van der Waals surface area (Å²) in [6, 6.07) is 13.5. The van der Waals surface area contributed by atoms with Crippen LogP contribution < -0.4 is 0 Å². The summed E-state index contributed by atoms with van der Waals surface area (Å²) in [5.74, 6) is -0.482. The molecule has 1 amide bonds. The number of carbonyl (C=O) groups excluding carboxylic acids is 2.